The highest BCUT2D eigenvalue weighted by Crippen LogP contribution is 1.91. The van der Waals surface area contributed by atoms with E-state index in [1.165, 1.54) is 0 Å². The fourth-order valence-electron chi connectivity index (χ4n) is 0.147. The smallest absolute Gasteiger partial charge is 0.316 e. The van der Waals surface area contributed by atoms with Crippen LogP contribution >= 0.6 is 0 Å². The number of carbonyl (C=O) groups excluding carboxylic acids is 1. The highest BCUT2D eigenvalue weighted by atomic mass is 32.2. The second kappa shape index (κ2) is 4.06. The highest BCUT2D eigenvalue weighted by molar-refractivity contribution is 7.86. The van der Waals surface area contributed by atoms with Crippen molar-refractivity contribution in [2.75, 3.05) is 5.88 Å². The predicted molar refractivity (Wildman–Crippen MR) is 35.3 cm³/mol. The van der Waals surface area contributed by atoms with Gasteiger partial charge in [-0.2, -0.15) is 8.42 Å². The van der Waals surface area contributed by atoms with Crippen LogP contribution in [0.15, 0.2) is 12.7 Å². The van der Waals surface area contributed by atoms with Gasteiger partial charge in [0.25, 0.3) is 0 Å². The Hall–Kier alpha value is -0.920. The van der Waals surface area contributed by atoms with E-state index in [4.69, 9.17) is 5.73 Å². The van der Waals surface area contributed by atoms with Gasteiger partial charge in [-0.3, -0.25) is 4.89 Å². The van der Waals surface area contributed by atoms with Crippen LogP contribution in [0.5, 0.6) is 0 Å². The summed E-state index contributed by atoms with van der Waals surface area (Å²) in [5, 5.41) is 0. The summed E-state index contributed by atoms with van der Waals surface area (Å²) in [6.45, 7) is 3.01. The highest BCUT2D eigenvalue weighted by Gasteiger charge is 2.10. The molecular formula is C4H7NO5S. The second-order valence-electron chi connectivity index (χ2n) is 1.40. The molecular weight excluding hydrogens is 174 g/mol. The average Bonchev–Trinajstić information content (AvgIpc) is 2.00. The third kappa shape index (κ3) is 4.48. The summed E-state index contributed by atoms with van der Waals surface area (Å²) in [6, 6.07) is 0. The topological polar surface area (TPSA) is 95.7 Å². The molecule has 0 spiro atoms. The monoisotopic (exact) mass is 181 g/mol. The molecule has 0 aromatic heterocycles. The fourth-order valence-corrected chi connectivity index (χ4v) is 0.373. The van der Waals surface area contributed by atoms with E-state index in [-0.39, 0.29) is 0 Å². The van der Waals surface area contributed by atoms with Gasteiger partial charge in [0.05, 0.1) is 0 Å². The summed E-state index contributed by atoms with van der Waals surface area (Å²) in [5.41, 5.74) is 4.70. The van der Waals surface area contributed by atoms with Crippen molar-refractivity contribution in [3.63, 3.8) is 0 Å². The molecule has 11 heavy (non-hydrogen) atoms. The van der Waals surface area contributed by atoms with E-state index in [0.717, 1.165) is 6.08 Å². The Bertz CT molecular complexity index is 243. The quantitative estimate of drug-likeness (QED) is 0.336. The SMILES string of the molecule is C=CC(=O)OOS(=O)(=O)CN. The minimum atomic E-state index is -3.94. The molecule has 6 nitrogen and oxygen atoms in total. The van der Waals surface area contributed by atoms with E-state index in [2.05, 4.69) is 15.8 Å². The molecule has 0 aliphatic rings. The molecule has 0 saturated carbocycles. The van der Waals surface area contributed by atoms with Crippen LogP contribution < -0.4 is 5.73 Å². The third-order valence-corrected chi connectivity index (χ3v) is 1.27. The maximum atomic E-state index is 10.4. The van der Waals surface area contributed by atoms with Gasteiger partial charge in [-0.25, -0.2) is 4.79 Å². The number of hydrogen-bond donors (Lipinski definition) is 1. The normalized spacial score (nSPS) is 10.6. The Morgan fingerprint density at radius 3 is 2.55 bits per heavy atom. The Balaban J connectivity index is 3.90. The van der Waals surface area contributed by atoms with Crippen molar-refractivity contribution in [3.8, 4) is 0 Å². The zero-order chi connectivity index (χ0) is 8.91. The third-order valence-electron chi connectivity index (χ3n) is 0.591. The lowest BCUT2D eigenvalue weighted by Crippen LogP contribution is -2.18. The molecule has 0 amide bonds. The van der Waals surface area contributed by atoms with Gasteiger partial charge >= 0.3 is 16.1 Å². The van der Waals surface area contributed by atoms with Crippen molar-refractivity contribution in [1.82, 2.24) is 0 Å². The molecule has 7 heteroatoms. The summed E-state index contributed by atoms with van der Waals surface area (Å²) in [5.74, 6) is -1.75. The van der Waals surface area contributed by atoms with Crippen molar-refractivity contribution in [2.24, 2.45) is 5.73 Å². The van der Waals surface area contributed by atoms with E-state index >= 15 is 0 Å². The van der Waals surface area contributed by atoms with Crippen LogP contribution in [-0.4, -0.2) is 20.3 Å². The number of rotatable bonds is 4. The van der Waals surface area contributed by atoms with Crippen LogP contribution in [-0.2, 0) is 24.1 Å². The molecule has 0 aromatic rings. The lowest BCUT2D eigenvalue weighted by Gasteiger charge is -1.97. The lowest BCUT2D eigenvalue weighted by molar-refractivity contribution is -0.204. The first-order chi connectivity index (χ1) is 5.02. The van der Waals surface area contributed by atoms with Crippen LogP contribution in [0.4, 0.5) is 0 Å². The molecule has 64 valence electrons. The summed E-state index contributed by atoms with van der Waals surface area (Å²) >= 11 is 0. The van der Waals surface area contributed by atoms with Gasteiger partial charge in [0.2, 0.25) is 0 Å². The number of carbonyl (C=O) groups is 1. The van der Waals surface area contributed by atoms with Gasteiger partial charge < -0.3 is 5.73 Å². The molecule has 0 fully saturated rings. The van der Waals surface area contributed by atoms with Crippen LogP contribution in [0.2, 0.25) is 0 Å². The van der Waals surface area contributed by atoms with Gasteiger partial charge in [-0.1, -0.05) is 10.9 Å². The standard InChI is InChI=1S/C4H7NO5S/c1-2-4(6)9-10-11(7,8)3-5/h2H,1,3,5H2. The zero-order valence-electron chi connectivity index (χ0n) is 5.52. The van der Waals surface area contributed by atoms with Crippen molar-refractivity contribution < 1.29 is 22.4 Å². The van der Waals surface area contributed by atoms with Gasteiger partial charge in [0.15, 0.2) is 0 Å². The van der Waals surface area contributed by atoms with E-state index in [1.54, 1.807) is 0 Å². The number of nitrogens with two attached hydrogens (primary N) is 1. The molecule has 0 heterocycles. The summed E-state index contributed by atoms with van der Waals surface area (Å²) in [7, 11) is -3.94. The van der Waals surface area contributed by atoms with Gasteiger partial charge in [-0.05, 0) is 0 Å². The van der Waals surface area contributed by atoms with E-state index in [1.807, 2.05) is 0 Å². The second-order valence-corrected chi connectivity index (χ2v) is 2.98. The van der Waals surface area contributed by atoms with Crippen molar-refractivity contribution in [2.45, 2.75) is 0 Å². The lowest BCUT2D eigenvalue weighted by atomic mass is 10.7. The van der Waals surface area contributed by atoms with Crippen LogP contribution in [0, 0.1) is 0 Å². The molecule has 0 aliphatic heterocycles. The maximum Gasteiger partial charge on any atom is 0.366 e. The van der Waals surface area contributed by atoms with Crippen molar-refractivity contribution in [3.05, 3.63) is 12.7 Å². The summed E-state index contributed by atoms with van der Waals surface area (Å²) in [4.78, 5) is 13.9. The first-order valence-electron chi connectivity index (χ1n) is 2.47. The average molecular weight is 181 g/mol. The zero-order valence-corrected chi connectivity index (χ0v) is 6.33. The molecule has 0 aromatic carbocycles. The first kappa shape index (κ1) is 10.1. The van der Waals surface area contributed by atoms with Crippen molar-refractivity contribution in [1.29, 1.82) is 0 Å². The van der Waals surface area contributed by atoms with E-state index < -0.39 is 22.0 Å². The Kier molecular flexibility index (Phi) is 3.72. The largest absolute Gasteiger partial charge is 0.366 e. The molecule has 0 radical (unpaired) electrons. The first-order valence-corrected chi connectivity index (χ1v) is 4.05. The predicted octanol–water partition coefficient (Wildman–Crippen LogP) is -1.11. The molecule has 2 N–H and O–H groups in total. The minimum absolute atomic E-state index is 0.753. The fraction of sp³-hybridized carbons (Fsp3) is 0.250. The van der Waals surface area contributed by atoms with Crippen LogP contribution in [0.3, 0.4) is 0 Å². The molecule has 0 saturated heterocycles. The number of hydrogen-bond acceptors (Lipinski definition) is 6. The van der Waals surface area contributed by atoms with Gasteiger partial charge in [-0.15, -0.1) is 0 Å². The van der Waals surface area contributed by atoms with Gasteiger partial charge in [0.1, 0.15) is 5.88 Å². The van der Waals surface area contributed by atoms with E-state index in [0.29, 0.717) is 0 Å². The van der Waals surface area contributed by atoms with Gasteiger partial charge in [0, 0.05) is 6.08 Å². The molecule has 0 unspecified atom stereocenters. The van der Waals surface area contributed by atoms with Crippen LogP contribution in [0.25, 0.3) is 0 Å². The summed E-state index contributed by atoms with van der Waals surface area (Å²) in [6.07, 6.45) is 0.756. The van der Waals surface area contributed by atoms with Crippen LogP contribution in [0.1, 0.15) is 0 Å². The van der Waals surface area contributed by atoms with Crippen molar-refractivity contribution >= 4 is 16.1 Å². The van der Waals surface area contributed by atoms with E-state index in [9.17, 15) is 13.2 Å². The Morgan fingerprint density at radius 2 is 2.18 bits per heavy atom. The molecule has 0 rings (SSSR count). The molecule has 0 aliphatic carbocycles. The Morgan fingerprint density at radius 1 is 1.64 bits per heavy atom. The minimum Gasteiger partial charge on any atom is -0.316 e. The maximum absolute atomic E-state index is 10.4. The summed E-state index contributed by atoms with van der Waals surface area (Å²) < 4.78 is 24.4. The Labute approximate surface area is 63.6 Å². The molecule has 0 atom stereocenters. The molecule has 0 bridgehead atoms.